The van der Waals surface area contributed by atoms with Gasteiger partial charge < -0.3 is 0 Å². The Bertz CT molecular complexity index is 400. The first kappa shape index (κ1) is 12.2. The molecule has 0 N–H and O–H groups in total. The molecule has 0 aromatic heterocycles. The van der Waals surface area contributed by atoms with Gasteiger partial charge in [-0.25, -0.2) is 0 Å². The van der Waals surface area contributed by atoms with Crippen LogP contribution in [0.3, 0.4) is 0 Å². The zero-order valence-corrected chi connectivity index (χ0v) is 9.73. The van der Waals surface area contributed by atoms with Crippen molar-refractivity contribution in [3.8, 4) is 0 Å². The molecule has 80 valence electrons. The third kappa shape index (κ3) is 3.05. The number of carbonyl (C=O) groups is 2. The molecule has 0 radical (unpaired) electrons. The predicted molar refractivity (Wildman–Crippen MR) is 60.7 cm³/mol. The normalized spacial score (nSPS) is 10.1. The lowest BCUT2D eigenvalue weighted by Gasteiger charge is -2.02. The second-order valence-corrected chi connectivity index (χ2v) is 3.97. The van der Waals surface area contributed by atoms with Gasteiger partial charge in [0, 0.05) is 17.0 Å². The summed E-state index contributed by atoms with van der Waals surface area (Å²) in [5, 5.41) is 0.663. The summed E-state index contributed by atoms with van der Waals surface area (Å²) in [5.74, 6) is -0.958. The number of rotatable bonds is 4. The van der Waals surface area contributed by atoms with E-state index in [4.69, 9.17) is 23.2 Å². The van der Waals surface area contributed by atoms with Crippen LogP contribution in [0.2, 0.25) is 10.0 Å². The van der Waals surface area contributed by atoms with E-state index in [2.05, 4.69) is 0 Å². The maximum absolute atomic E-state index is 11.6. The Morgan fingerprint density at radius 1 is 1.27 bits per heavy atom. The summed E-state index contributed by atoms with van der Waals surface area (Å²) >= 11 is 11.5. The molecule has 0 aliphatic carbocycles. The van der Waals surface area contributed by atoms with E-state index in [9.17, 15) is 9.59 Å². The van der Waals surface area contributed by atoms with Crippen LogP contribution in [-0.2, 0) is 4.79 Å². The first-order valence-corrected chi connectivity index (χ1v) is 5.34. The zero-order valence-electron chi connectivity index (χ0n) is 8.22. The molecule has 0 saturated carbocycles. The third-order valence-electron chi connectivity index (χ3n) is 1.91. The summed E-state index contributed by atoms with van der Waals surface area (Å²) in [6.45, 7) is 1.84. The Morgan fingerprint density at radius 3 is 2.47 bits per heavy atom. The number of carbonyl (C=O) groups excluding carboxylic acids is 2. The SMILES string of the molecule is CCCC(=O)C(=O)c1ccc(Cl)cc1Cl. The molecule has 0 spiro atoms. The highest BCUT2D eigenvalue weighted by atomic mass is 35.5. The molecule has 1 aromatic carbocycles. The minimum atomic E-state index is -0.543. The fourth-order valence-corrected chi connectivity index (χ4v) is 1.66. The van der Waals surface area contributed by atoms with Gasteiger partial charge in [-0.2, -0.15) is 0 Å². The lowest BCUT2D eigenvalue weighted by atomic mass is 10.0. The Balaban J connectivity index is 2.96. The van der Waals surface area contributed by atoms with Gasteiger partial charge in [-0.05, 0) is 24.6 Å². The van der Waals surface area contributed by atoms with Gasteiger partial charge in [0.05, 0.1) is 5.02 Å². The van der Waals surface area contributed by atoms with Gasteiger partial charge in [-0.1, -0.05) is 30.1 Å². The summed E-state index contributed by atoms with van der Waals surface area (Å²) in [6, 6.07) is 4.47. The van der Waals surface area contributed by atoms with Crippen LogP contribution in [0.1, 0.15) is 30.1 Å². The quantitative estimate of drug-likeness (QED) is 0.600. The lowest BCUT2D eigenvalue weighted by Crippen LogP contribution is -2.13. The largest absolute Gasteiger partial charge is 0.290 e. The summed E-state index contributed by atoms with van der Waals surface area (Å²) in [7, 11) is 0. The molecule has 0 aliphatic heterocycles. The van der Waals surface area contributed by atoms with Gasteiger partial charge in [-0.15, -0.1) is 0 Å². The lowest BCUT2D eigenvalue weighted by molar-refractivity contribution is -0.115. The Hall–Kier alpha value is -0.860. The van der Waals surface area contributed by atoms with Crippen LogP contribution in [0.15, 0.2) is 18.2 Å². The maximum Gasteiger partial charge on any atom is 0.230 e. The molecule has 0 bridgehead atoms. The number of Topliss-reactive ketones (excluding diaryl/α,β-unsaturated/α-hetero) is 2. The summed E-state index contributed by atoms with van der Waals surface area (Å²) in [4.78, 5) is 22.9. The number of ketones is 2. The van der Waals surface area contributed by atoms with Gasteiger partial charge in [0.2, 0.25) is 11.6 Å². The van der Waals surface area contributed by atoms with E-state index in [1.165, 1.54) is 12.1 Å². The Labute approximate surface area is 98.2 Å². The summed E-state index contributed by atoms with van der Waals surface area (Å²) in [5.41, 5.74) is 0.222. The topological polar surface area (TPSA) is 34.1 Å². The van der Waals surface area contributed by atoms with E-state index in [1.807, 2.05) is 6.92 Å². The van der Waals surface area contributed by atoms with Crippen molar-refractivity contribution >= 4 is 34.8 Å². The zero-order chi connectivity index (χ0) is 11.4. The second-order valence-electron chi connectivity index (χ2n) is 3.13. The smallest absolute Gasteiger partial charge is 0.230 e. The molecule has 4 heteroatoms. The number of halogens is 2. The van der Waals surface area contributed by atoms with Gasteiger partial charge in [0.15, 0.2) is 0 Å². The van der Waals surface area contributed by atoms with Crippen molar-refractivity contribution in [2.45, 2.75) is 19.8 Å². The Kier molecular flexibility index (Phi) is 4.30. The first-order valence-electron chi connectivity index (χ1n) is 4.58. The van der Waals surface area contributed by atoms with Crippen LogP contribution in [0.4, 0.5) is 0 Å². The van der Waals surface area contributed by atoms with Crippen molar-refractivity contribution in [2.24, 2.45) is 0 Å². The molecular formula is C11H10Cl2O2. The van der Waals surface area contributed by atoms with E-state index in [1.54, 1.807) is 6.07 Å². The van der Waals surface area contributed by atoms with E-state index in [0.717, 1.165) is 0 Å². The average Bonchev–Trinajstić information content (AvgIpc) is 2.17. The number of hydrogen-bond donors (Lipinski definition) is 0. The van der Waals surface area contributed by atoms with Crippen molar-refractivity contribution in [3.63, 3.8) is 0 Å². The van der Waals surface area contributed by atoms with E-state index < -0.39 is 11.6 Å². The van der Waals surface area contributed by atoms with Crippen LogP contribution >= 0.6 is 23.2 Å². The molecule has 0 unspecified atom stereocenters. The molecule has 0 aliphatic rings. The van der Waals surface area contributed by atoms with Gasteiger partial charge in [-0.3, -0.25) is 9.59 Å². The number of benzene rings is 1. The standard InChI is InChI=1S/C11H10Cl2O2/c1-2-3-10(14)11(15)8-5-4-7(12)6-9(8)13/h4-6H,2-3H2,1H3. The van der Waals surface area contributed by atoms with Crippen molar-refractivity contribution in [1.29, 1.82) is 0 Å². The molecule has 1 rings (SSSR count). The fraction of sp³-hybridized carbons (Fsp3) is 0.273. The second kappa shape index (κ2) is 5.29. The molecular weight excluding hydrogens is 235 g/mol. The van der Waals surface area contributed by atoms with Gasteiger partial charge >= 0.3 is 0 Å². The number of hydrogen-bond acceptors (Lipinski definition) is 2. The van der Waals surface area contributed by atoms with Gasteiger partial charge in [0.1, 0.15) is 0 Å². The van der Waals surface area contributed by atoms with Gasteiger partial charge in [0.25, 0.3) is 0 Å². The summed E-state index contributed by atoms with van der Waals surface area (Å²) < 4.78 is 0. The van der Waals surface area contributed by atoms with E-state index >= 15 is 0 Å². The van der Waals surface area contributed by atoms with Crippen molar-refractivity contribution in [2.75, 3.05) is 0 Å². The van der Waals surface area contributed by atoms with Crippen LogP contribution in [-0.4, -0.2) is 11.6 Å². The van der Waals surface area contributed by atoms with Crippen LogP contribution in [0.5, 0.6) is 0 Å². The van der Waals surface area contributed by atoms with Crippen LogP contribution in [0.25, 0.3) is 0 Å². The highest BCUT2D eigenvalue weighted by Crippen LogP contribution is 2.21. The minimum absolute atomic E-state index is 0.219. The fourth-order valence-electron chi connectivity index (χ4n) is 1.16. The van der Waals surface area contributed by atoms with Crippen molar-refractivity contribution < 1.29 is 9.59 Å². The Morgan fingerprint density at radius 2 is 1.93 bits per heavy atom. The molecule has 0 fully saturated rings. The van der Waals surface area contributed by atoms with Crippen LogP contribution in [0, 0.1) is 0 Å². The van der Waals surface area contributed by atoms with E-state index in [-0.39, 0.29) is 17.0 Å². The van der Waals surface area contributed by atoms with Crippen molar-refractivity contribution in [3.05, 3.63) is 33.8 Å². The van der Waals surface area contributed by atoms with Crippen molar-refractivity contribution in [1.82, 2.24) is 0 Å². The molecule has 2 nitrogen and oxygen atoms in total. The highest BCUT2D eigenvalue weighted by Gasteiger charge is 2.17. The summed E-state index contributed by atoms with van der Waals surface area (Å²) in [6.07, 6.45) is 0.896. The first-order chi connectivity index (χ1) is 7.06. The third-order valence-corrected chi connectivity index (χ3v) is 2.45. The average molecular weight is 245 g/mol. The molecule has 0 atom stereocenters. The molecule has 0 heterocycles. The highest BCUT2D eigenvalue weighted by molar-refractivity contribution is 6.48. The molecule has 0 amide bonds. The maximum atomic E-state index is 11.6. The minimum Gasteiger partial charge on any atom is -0.290 e. The molecule has 0 saturated heterocycles. The van der Waals surface area contributed by atoms with Crippen LogP contribution < -0.4 is 0 Å². The predicted octanol–water partition coefficient (Wildman–Crippen LogP) is 3.55. The molecule has 1 aromatic rings. The van der Waals surface area contributed by atoms with E-state index in [0.29, 0.717) is 11.4 Å². The molecule has 15 heavy (non-hydrogen) atoms. The monoisotopic (exact) mass is 244 g/mol.